The quantitative estimate of drug-likeness (QED) is 0.646. The van der Waals surface area contributed by atoms with Gasteiger partial charge >= 0.3 is 6.03 Å². The van der Waals surface area contributed by atoms with Gasteiger partial charge in [0.25, 0.3) is 0 Å². The van der Waals surface area contributed by atoms with E-state index in [0.717, 1.165) is 24.1 Å². The summed E-state index contributed by atoms with van der Waals surface area (Å²) in [5.41, 5.74) is 8.37. The summed E-state index contributed by atoms with van der Waals surface area (Å²) >= 11 is 0. The number of primary amides is 1. The fourth-order valence-electron chi connectivity index (χ4n) is 1.49. The lowest BCUT2D eigenvalue weighted by Gasteiger charge is -2.06. The highest BCUT2D eigenvalue weighted by atomic mass is 16.2. The Morgan fingerprint density at radius 3 is 3.08 bits per heavy atom. The monoisotopic (exact) mass is 177 g/mol. The average Bonchev–Trinajstić information content (AvgIpc) is 2.46. The number of rotatable bonds is 0. The van der Waals surface area contributed by atoms with Gasteiger partial charge < -0.3 is 5.73 Å². The van der Waals surface area contributed by atoms with E-state index in [2.05, 4.69) is 12.0 Å². The van der Waals surface area contributed by atoms with Crippen molar-refractivity contribution in [1.29, 1.82) is 0 Å². The van der Waals surface area contributed by atoms with Crippen LogP contribution in [-0.4, -0.2) is 15.8 Å². The van der Waals surface area contributed by atoms with E-state index in [4.69, 9.17) is 5.73 Å². The molecule has 0 radical (unpaired) electrons. The first kappa shape index (κ1) is 8.04. The van der Waals surface area contributed by atoms with Crippen molar-refractivity contribution in [2.45, 2.75) is 19.8 Å². The highest BCUT2D eigenvalue weighted by Gasteiger charge is 2.13. The highest BCUT2D eigenvalue weighted by molar-refractivity contribution is 5.74. The Bertz CT molecular complexity index is 390. The van der Waals surface area contributed by atoms with Crippen LogP contribution >= 0.6 is 0 Å². The van der Waals surface area contributed by atoms with Gasteiger partial charge in [-0.05, 0) is 31.4 Å². The van der Waals surface area contributed by atoms with Gasteiger partial charge in [0.05, 0.1) is 5.69 Å². The molecule has 1 amide bonds. The lowest BCUT2D eigenvalue weighted by atomic mass is 9.99. The zero-order chi connectivity index (χ0) is 9.42. The molecule has 1 aromatic rings. The van der Waals surface area contributed by atoms with Crippen LogP contribution in [0, 0.1) is 0 Å². The molecular weight excluding hydrogens is 166 g/mol. The van der Waals surface area contributed by atoms with Gasteiger partial charge in [0.2, 0.25) is 0 Å². The molecule has 1 aliphatic rings. The highest BCUT2D eigenvalue weighted by Crippen LogP contribution is 2.21. The number of nitrogens with zero attached hydrogens (tertiary/aromatic N) is 2. The SMILES string of the molecule is CC1=Cc2nn(C(N)=O)cc2CC1. The Morgan fingerprint density at radius 2 is 2.38 bits per heavy atom. The molecule has 2 N–H and O–H groups in total. The summed E-state index contributed by atoms with van der Waals surface area (Å²) < 4.78 is 1.19. The van der Waals surface area contributed by atoms with E-state index >= 15 is 0 Å². The van der Waals surface area contributed by atoms with Crippen LogP contribution in [0.25, 0.3) is 6.08 Å². The molecule has 68 valence electrons. The van der Waals surface area contributed by atoms with E-state index in [1.165, 1.54) is 10.3 Å². The summed E-state index contributed by atoms with van der Waals surface area (Å²) in [6, 6.07) is -0.527. The minimum absolute atomic E-state index is 0.527. The third-order valence-corrected chi connectivity index (χ3v) is 2.22. The molecule has 0 atom stereocenters. The summed E-state index contributed by atoms with van der Waals surface area (Å²) in [7, 11) is 0. The average molecular weight is 177 g/mol. The number of hydrogen-bond acceptors (Lipinski definition) is 2. The number of hydrogen-bond donors (Lipinski definition) is 1. The van der Waals surface area contributed by atoms with Crippen LogP contribution in [0.2, 0.25) is 0 Å². The summed E-state index contributed by atoms with van der Waals surface area (Å²) in [6.45, 7) is 2.06. The molecule has 1 aliphatic carbocycles. The zero-order valence-electron chi connectivity index (χ0n) is 7.45. The van der Waals surface area contributed by atoms with Crippen LogP contribution in [-0.2, 0) is 6.42 Å². The Labute approximate surface area is 76.0 Å². The number of aryl methyl sites for hydroxylation is 1. The lowest BCUT2D eigenvalue weighted by Crippen LogP contribution is -2.19. The molecule has 2 rings (SSSR count). The van der Waals surface area contributed by atoms with Gasteiger partial charge in [-0.15, -0.1) is 0 Å². The van der Waals surface area contributed by atoms with Crippen molar-refractivity contribution in [3.05, 3.63) is 23.0 Å². The van der Waals surface area contributed by atoms with Crippen LogP contribution in [0.1, 0.15) is 24.6 Å². The lowest BCUT2D eigenvalue weighted by molar-refractivity contribution is 0.247. The van der Waals surface area contributed by atoms with Gasteiger partial charge in [-0.3, -0.25) is 0 Å². The largest absolute Gasteiger partial charge is 0.350 e. The van der Waals surface area contributed by atoms with Gasteiger partial charge in [-0.1, -0.05) is 5.57 Å². The van der Waals surface area contributed by atoms with Crippen LogP contribution in [0.4, 0.5) is 4.79 Å². The van der Waals surface area contributed by atoms with Gasteiger partial charge in [0.15, 0.2) is 0 Å². The normalized spacial score (nSPS) is 15.0. The summed E-state index contributed by atoms with van der Waals surface area (Å²) in [5.74, 6) is 0. The van der Waals surface area contributed by atoms with Crippen molar-refractivity contribution in [1.82, 2.24) is 9.78 Å². The molecule has 0 saturated heterocycles. The van der Waals surface area contributed by atoms with E-state index in [1.807, 2.05) is 6.08 Å². The number of amides is 1. The smallest absolute Gasteiger partial charge is 0.339 e. The molecule has 0 bridgehead atoms. The minimum atomic E-state index is -0.527. The first-order valence-corrected chi connectivity index (χ1v) is 4.22. The molecule has 0 unspecified atom stereocenters. The van der Waals surface area contributed by atoms with Gasteiger partial charge in [-0.2, -0.15) is 9.78 Å². The molecule has 13 heavy (non-hydrogen) atoms. The summed E-state index contributed by atoms with van der Waals surface area (Å²) in [4.78, 5) is 10.8. The standard InChI is InChI=1S/C9H11N3O/c1-6-2-3-7-5-12(9(10)13)11-8(7)4-6/h4-5H,2-3H2,1H3,(H2,10,13). The second-order valence-corrected chi connectivity index (χ2v) is 3.31. The zero-order valence-corrected chi connectivity index (χ0v) is 7.45. The van der Waals surface area contributed by atoms with Crippen molar-refractivity contribution in [2.75, 3.05) is 0 Å². The molecule has 4 nitrogen and oxygen atoms in total. The fourth-order valence-corrected chi connectivity index (χ4v) is 1.49. The molecule has 4 heteroatoms. The van der Waals surface area contributed by atoms with Crippen molar-refractivity contribution in [3.8, 4) is 0 Å². The fraction of sp³-hybridized carbons (Fsp3) is 0.333. The first-order chi connectivity index (χ1) is 6.16. The number of allylic oxidation sites excluding steroid dienone is 1. The van der Waals surface area contributed by atoms with E-state index in [1.54, 1.807) is 6.20 Å². The number of fused-ring (bicyclic) bond motifs is 1. The number of aromatic nitrogens is 2. The molecule has 0 aliphatic heterocycles. The minimum Gasteiger partial charge on any atom is -0.350 e. The summed E-state index contributed by atoms with van der Waals surface area (Å²) in [5, 5.41) is 4.07. The van der Waals surface area contributed by atoms with Crippen molar-refractivity contribution >= 4 is 12.1 Å². The van der Waals surface area contributed by atoms with Crippen molar-refractivity contribution in [2.24, 2.45) is 5.73 Å². The molecule has 1 heterocycles. The molecule has 0 aromatic carbocycles. The molecule has 1 aromatic heterocycles. The third kappa shape index (κ3) is 1.35. The van der Waals surface area contributed by atoms with Crippen LogP contribution in [0.15, 0.2) is 11.8 Å². The van der Waals surface area contributed by atoms with Crippen LogP contribution < -0.4 is 5.73 Å². The van der Waals surface area contributed by atoms with Crippen LogP contribution in [0.3, 0.4) is 0 Å². The second kappa shape index (κ2) is 2.73. The molecular formula is C9H11N3O. The Kier molecular flexibility index (Phi) is 1.69. The van der Waals surface area contributed by atoms with E-state index in [-0.39, 0.29) is 0 Å². The Balaban J connectivity index is 2.46. The Morgan fingerprint density at radius 1 is 1.62 bits per heavy atom. The van der Waals surface area contributed by atoms with E-state index < -0.39 is 6.03 Å². The van der Waals surface area contributed by atoms with Gasteiger partial charge in [0, 0.05) is 6.20 Å². The Hall–Kier alpha value is -1.58. The number of nitrogens with two attached hydrogens (primary N) is 1. The summed E-state index contributed by atoms with van der Waals surface area (Å²) in [6.07, 6.45) is 5.70. The maximum Gasteiger partial charge on any atom is 0.339 e. The van der Waals surface area contributed by atoms with Crippen molar-refractivity contribution < 1.29 is 4.79 Å². The van der Waals surface area contributed by atoms with Crippen LogP contribution in [0.5, 0.6) is 0 Å². The van der Waals surface area contributed by atoms with E-state index in [9.17, 15) is 4.79 Å². The maximum atomic E-state index is 10.8. The molecule has 0 fully saturated rings. The van der Waals surface area contributed by atoms with Gasteiger partial charge in [-0.25, -0.2) is 4.79 Å². The predicted octanol–water partition coefficient (Wildman–Crippen LogP) is 1.16. The molecule has 0 spiro atoms. The van der Waals surface area contributed by atoms with Crippen molar-refractivity contribution in [3.63, 3.8) is 0 Å². The number of carbonyl (C=O) groups excluding carboxylic acids is 1. The number of carbonyl (C=O) groups is 1. The van der Waals surface area contributed by atoms with E-state index in [0.29, 0.717) is 0 Å². The second-order valence-electron chi connectivity index (χ2n) is 3.31. The first-order valence-electron chi connectivity index (χ1n) is 4.22. The molecule has 0 saturated carbocycles. The predicted molar refractivity (Wildman–Crippen MR) is 49.2 cm³/mol. The topological polar surface area (TPSA) is 60.9 Å². The third-order valence-electron chi connectivity index (χ3n) is 2.22. The van der Waals surface area contributed by atoms with Gasteiger partial charge in [0.1, 0.15) is 0 Å². The maximum absolute atomic E-state index is 10.8.